The number of carbonyl (C=O) groups is 6. The molecule has 26 heavy (non-hydrogen) atoms. The van der Waals surface area contributed by atoms with Crippen molar-refractivity contribution in [3.05, 3.63) is 0 Å². The maximum Gasteiger partial charge on any atom is 0.326 e. The monoisotopic (exact) mass is 374 g/mol. The lowest BCUT2D eigenvalue weighted by molar-refractivity contribution is -0.142. The quantitative estimate of drug-likeness (QED) is 0.174. The molecule has 0 saturated heterocycles. The van der Waals surface area contributed by atoms with Gasteiger partial charge in [-0.05, 0) is 6.42 Å². The molecule has 146 valence electrons. The summed E-state index contributed by atoms with van der Waals surface area (Å²) in [5, 5.41) is 15.3. The third-order valence-corrected chi connectivity index (χ3v) is 2.94. The van der Waals surface area contributed by atoms with Crippen LogP contribution in [0.2, 0.25) is 0 Å². The van der Waals surface area contributed by atoms with Gasteiger partial charge in [0.25, 0.3) is 0 Å². The summed E-state index contributed by atoms with van der Waals surface area (Å²) in [6.07, 6.45) is -0.822. The van der Waals surface area contributed by atoms with Crippen LogP contribution in [-0.2, 0) is 28.8 Å². The van der Waals surface area contributed by atoms with Crippen LogP contribution in [0, 0.1) is 0 Å². The Morgan fingerprint density at radius 1 is 0.885 bits per heavy atom. The van der Waals surface area contributed by atoms with Crippen molar-refractivity contribution in [2.75, 3.05) is 13.1 Å². The average molecular weight is 374 g/mol. The number of hydrogen-bond acceptors (Lipinski definition) is 7. The van der Waals surface area contributed by atoms with Crippen molar-refractivity contribution in [1.29, 1.82) is 0 Å². The fourth-order valence-corrected chi connectivity index (χ4v) is 1.64. The van der Waals surface area contributed by atoms with Gasteiger partial charge in [-0.3, -0.25) is 24.0 Å². The summed E-state index contributed by atoms with van der Waals surface area (Å²) in [6.45, 7) is -1.06. The molecule has 0 fully saturated rings. The molecule has 0 aromatic rings. The topological polar surface area (TPSA) is 237 Å². The lowest BCUT2D eigenvalue weighted by Gasteiger charge is -2.14. The van der Waals surface area contributed by atoms with Crippen molar-refractivity contribution in [3.8, 4) is 0 Å². The first-order valence-electron chi connectivity index (χ1n) is 7.41. The van der Waals surface area contributed by atoms with Crippen molar-refractivity contribution in [2.45, 2.75) is 31.3 Å². The highest BCUT2D eigenvalue weighted by Gasteiger charge is 2.21. The molecule has 0 aliphatic carbocycles. The van der Waals surface area contributed by atoms with Gasteiger partial charge in [-0.15, -0.1) is 0 Å². The van der Waals surface area contributed by atoms with E-state index in [1.54, 1.807) is 0 Å². The summed E-state index contributed by atoms with van der Waals surface area (Å²) in [5.41, 5.74) is 15.1. The number of nitrogens with two attached hydrogens (primary N) is 3. The van der Waals surface area contributed by atoms with Crippen LogP contribution in [0.4, 0.5) is 0 Å². The van der Waals surface area contributed by atoms with Crippen molar-refractivity contribution < 1.29 is 33.9 Å². The Bertz CT molecular complexity index is 579. The Morgan fingerprint density at radius 3 is 1.96 bits per heavy atom. The largest absolute Gasteiger partial charge is 0.480 e. The fraction of sp³-hybridized carbons (Fsp3) is 0.538. The number of carbonyl (C=O) groups excluding carboxylic acids is 5. The molecule has 0 aromatic carbocycles. The van der Waals surface area contributed by atoms with Gasteiger partial charge in [-0.2, -0.15) is 0 Å². The minimum Gasteiger partial charge on any atom is -0.480 e. The van der Waals surface area contributed by atoms with Crippen LogP contribution >= 0.6 is 0 Å². The van der Waals surface area contributed by atoms with Gasteiger partial charge in [-0.1, -0.05) is 0 Å². The zero-order chi connectivity index (χ0) is 20.3. The van der Waals surface area contributed by atoms with E-state index in [0.29, 0.717) is 0 Å². The molecule has 13 heteroatoms. The second kappa shape index (κ2) is 11.4. The van der Waals surface area contributed by atoms with Gasteiger partial charge in [0.05, 0.1) is 25.6 Å². The van der Waals surface area contributed by atoms with Crippen molar-refractivity contribution in [1.82, 2.24) is 16.0 Å². The third kappa shape index (κ3) is 10.5. The van der Waals surface area contributed by atoms with Crippen LogP contribution in [0.15, 0.2) is 0 Å². The first-order valence-corrected chi connectivity index (χ1v) is 7.41. The highest BCUT2D eigenvalue weighted by molar-refractivity contribution is 5.92. The van der Waals surface area contributed by atoms with Gasteiger partial charge in [0.2, 0.25) is 29.5 Å². The third-order valence-electron chi connectivity index (χ3n) is 2.94. The molecule has 0 rings (SSSR count). The van der Waals surface area contributed by atoms with E-state index in [1.807, 2.05) is 0 Å². The van der Waals surface area contributed by atoms with Crippen LogP contribution in [0.1, 0.15) is 19.3 Å². The summed E-state index contributed by atoms with van der Waals surface area (Å²) in [4.78, 5) is 66.8. The zero-order valence-corrected chi connectivity index (χ0v) is 13.8. The van der Waals surface area contributed by atoms with Gasteiger partial charge < -0.3 is 38.3 Å². The molecule has 5 amide bonds. The molecule has 13 nitrogen and oxygen atoms in total. The van der Waals surface area contributed by atoms with E-state index < -0.39 is 67.1 Å². The van der Waals surface area contributed by atoms with Crippen molar-refractivity contribution in [2.24, 2.45) is 17.2 Å². The Labute approximate surface area is 148 Å². The van der Waals surface area contributed by atoms with Crippen molar-refractivity contribution >= 4 is 35.5 Å². The molecule has 10 N–H and O–H groups in total. The molecule has 0 aliphatic rings. The number of nitrogens with one attached hydrogen (secondary N) is 3. The Hall–Kier alpha value is -3.22. The summed E-state index contributed by atoms with van der Waals surface area (Å²) in [5.74, 6) is -5.19. The molecule has 0 heterocycles. The summed E-state index contributed by atoms with van der Waals surface area (Å²) < 4.78 is 0. The molecule has 0 aliphatic heterocycles. The number of carboxylic acid groups (broad SMARTS) is 1. The maximum atomic E-state index is 11.6. The molecule has 0 saturated carbocycles. The number of amides is 5. The average Bonchev–Trinajstić information content (AvgIpc) is 2.53. The van der Waals surface area contributed by atoms with Crippen LogP contribution in [-0.4, -0.2) is 65.8 Å². The van der Waals surface area contributed by atoms with Gasteiger partial charge in [0, 0.05) is 6.42 Å². The molecule has 0 bridgehead atoms. The number of primary amides is 2. The number of hydrogen-bond donors (Lipinski definition) is 7. The van der Waals surface area contributed by atoms with Crippen molar-refractivity contribution in [3.63, 3.8) is 0 Å². The van der Waals surface area contributed by atoms with Crippen LogP contribution in [0.25, 0.3) is 0 Å². The summed E-state index contributed by atoms with van der Waals surface area (Å²) in [6, 6.07) is -2.54. The summed E-state index contributed by atoms with van der Waals surface area (Å²) in [7, 11) is 0. The normalized spacial score (nSPS) is 12.3. The maximum absolute atomic E-state index is 11.6. The van der Waals surface area contributed by atoms with E-state index in [4.69, 9.17) is 22.3 Å². The Balaban J connectivity index is 4.22. The molecule has 0 aromatic heterocycles. The molecular weight excluding hydrogens is 352 g/mol. The smallest absolute Gasteiger partial charge is 0.326 e. The minimum absolute atomic E-state index is 0.196. The van der Waals surface area contributed by atoms with Gasteiger partial charge in [0.1, 0.15) is 6.04 Å². The predicted molar refractivity (Wildman–Crippen MR) is 85.8 cm³/mol. The van der Waals surface area contributed by atoms with Gasteiger partial charge >= 0.3 is 5.97 Å². The van der Waals surface area contributed by atoms with Crippen LogP contribution < -0.4 is 33.2 Å². The highest BCUT2D eigenvalue weighted by atomic mass is 16.4. The van der Waals surface area contributed by atoms with Gasteiger partial charge in [-0.25, -0.2) is 4.79 Å². The molecule has 0 spiro atoms. The second-order valence-corrected chi connectivity index (χ2v) is 5.23. The lowest BCUT2D eigenvalue weighted by atomic mass is 10.1. The predicted octanol–water partition coefficient (Wildman–Crippen LogP) is -4.74. The Kier molecular flexibility index (Phi) is 9.95. The number of rotatable bonds is 12. The SMILES string of the molecule is NC(=O)CCC(NC(=O)CNC(=O)CNC(=O)C(N)CC(N)=O)C(=O)O. The molecule has 2 atom stereocenters. The number of aliphatic carboxylic acids is 1. The van der Waals surface area contributed by atoms with E-state index in [0.717, 1.165) is 0 Å². The van der Waals surface area contributed by atoms with E-state index in [9.17, 15) is 28.8 Å². The van der Waals surface area contributed by atoms with E-state index in [2.05, 4.69) is 16.0 Å². The van der Waals surface area contributed by atoms with Crippen LogP contribution in [0.5, 0.6) is 0 Å². The minimum atomic E-state index is -1.36. The lowest BCUT2D eigenvalue weighted by Crippen LogP contribution is -2.49. The molecular formula is C13H22N6O7. The number of carboxylic acids is 1. The van der Waals surface area contributed by atoms with E-state index in [-0.39, 0.29) is 12.8 Å². The zero-order valence-electron chi connectivity index (χ0n) is 13.8. The second-order valence-electron chi connectivity index (χ2n) is 5.23. The highest BCUT2D eigenvalue weighted by Crippen LogP contribution is 1.97. The Morgan fingerprint density at radius 2 is 1.46 bits per heavy atom. The molecule has 2 unspecified atom stereocenters. The molecule has 0 radical (unpaired) electrons. The standard InChI is InChI=1S/C13H22N6O7/c14-6(3-9(16)21)12(24)18-4-10(22)17-5-11(23)19-7(13(25)26)1-2-8(15)20/h6-7H,1-5,14H2,(H2,15,20)(H2,16,21)(H,17,22)(H,18,24)(H,19,23)(H,25,26). The van der Waals surface area contributed by atoms with E-state index >= 15 is 0 Å². The fourth-order valence-electron chi connectivity index (χ4n) is 1.64. The summed E-state index contributed by atoms with van der Waals surface area (Å²) >= 11 is 0. The van der Waals surface area contributed by atoms with E-state index in [1.165, 1.54) is 0 Å². The van der Waals surface area contributed by atoms with Crippen LogP contribution in [0.3, 0.4) is 0 Å². The van der Waals surface area contributed by atoms with Gasteiger partial charge in [0.15, 0.2) is 0 Å². The first kappa shape index (κ1) is 22.8. The first-order chi connectivity index (χ1) is 12.0.